The van der Waals surface area contributed by atoms with Crippen molar-refractivity contribution in [1.29, 1.82) is 0 Å². The average Bonchev–Trinajstić information content (AvgIpc) is 2.81. The first-order chi connectivity index (χ1) is 10.3. The molecule has 0 saturated heterocycles. The fourth-order valence-electron chi connectivity index (χ4n) is 2.04. The lowest BCUT2D eigenvalue weighted by Crippen LogP contribution is -2.18. The summed E-state index contributed by atoms with van der Waals surface area (Å²) >= 11 is 6.07. The van der Waals surface area contributed by atoms with Crippen LogP contribution in [0.3, 0.4) is 0 Å². The van der Waals surface area contributed by atoms with Gasteiger partial charge < -0.3 is 4.74 Å². The van der Waals surface area contributed by atoms with Crippen molar-refractivity contribution >= 4 is 22.8 Å². The number of para-hydroxylation sites is 2. The third kappa shape index (κ3) is 2.69. The summed E-state index contributed by atoms with van der Waals surface area (Å²) in [6.45, 7) is 1.64. The van der Waals surface area contributed by atoms with Crippen LogP contribution in [0.25, 0.3) is 16.9 Å². The van der Waals surface area contributed by atoms with E-state index < -0.39 is 6.36 Å². The van der Waals surface area contributed by atoms with Gasteiger partial charge in [-0.25, -0.2) is 15.0 Å². The minimum absolute atomic E-state index is 0.0989. The summed E-state index contributed by atoms with van der Waals surface area (Å²) in [5.74, 6) is 0.0496. The van der Waals surface area contributed by atoms with Gasteiger partial charge in [0.25, 0.3) is 0 Å². The smallest absolute Gasteiger partial charge is 0.404 e. The van der Waals surface area contributed by atoms with Crippen molar-refractivity contribution < 1.29 is 17.9 Å². The van der Waals surface area contributed by atoms with Gasteiger partial charge in [-0.2, -0.15) is 0 Å². The van der Waals surface area contributed by atoms with Crippen LogP contribution in [-0.2, 0) is 0 Å². The molecule has 3 rings (SSSR count). The Morgan fingerprint density at radius 2 is 1.91 bits per heavy atom. The van der Waals surface area contributed by atoms with Crippen LogP contribution >= 0.6 is 11.6 Å². The molecule has 1 aromatic carbocycles. The number of hydrogen-bond donors (Lipinski definition) is 0. The van der Waals surface area contributed by atoms with Crippen molar-refractivity contribution in [2.45, 2.75) is 13.3 Å². The third-order valence-electron chi connectivity index (χ3n) is 2.82. The average molecular weight is 329 g/mol. The molecule has 0 spiro atoms. The molecular formula is C13H8ClF3N4O. The summed E-state index contributed by atoms with van der Waals surface area (Å²) in [6, 6.07) is 5.68. The summed E-state index contributed by atoms with van der Waals surface area (Å²) in [6.07, 6.45) is -3.48. The minimum atomic E-state index is -4.80. The van der Waals surface area contributed by atoms with Crippen LogP contribution in [0.15, 0.2) is 30.6 Å². The second-order valence-corrected chi connectivity index (χ2v) is 4.72. The number of benzene rings is 1. The molecule has 0 aliphatic rings. The van der Waals surface area contributed by atoms with Crippen molar-refractivity contribution in [3.05, 3.63) is 41.6 Å². The lowest BCUT2D eigenvalue weighted by Gasteiger charge is -2.14. The van der Waals surface area contributed by atoms with Crippen molar-refractivity contribution in [2.24, 2.45) is 0 Å². The maximum atomic E-state index is 12.5. The molecule has 22 heavy (non-hydrogen) atoms. The molecule has 2 aromatic heterocycles. The Morgan fingerprint density at radius 3 is 2.64 bits per heavy atom. The monoisotopic (exact) mass is 328 g/mol. The number of fused-ring (bicyclic) bond motifs is 1. The van der Waals surface area contributed by atoms with E-state index in [0.29, 0.717) is 17.0 Å². The molecular weight excluding hydrogens is 321 g/mol. The van der Waals surface area contributed by atoms with Gasteiger partial charge in [0.1, 0.15) is 17.7 Å². The fourth-order valence-corrected chi connectivity index (χ4v) is 2.33. The van der Waals surface area contributed by atoms with Crippen molar-refractivity contribution in [2.75, 3.05) is 0 Å². The Bertz CT molecular complexity index is 847. The van der Waals surface area contributed by atoms with Gasteiger partial charge in [0.2, 0.25) is 0 Å². The number of rotatable bonds is 2. The van der Waals surface area contributed by atoms with Crippen molar-refractivity contribution in [1.82, 2.24) is 19.5 Å². The summed E-state index contributed by atoms with van der Waals surface area (Å²) in [5.41, 5.74) is 0.737. The first-order valence-corrected chi connectivity index (χ1v) is 6.45. The van der Waals surface area contributed by atoms with Gasteiger partial charge in [-0.15, -0.1) is 13.2 Å². The topological polar surface area (TPSA) is 52.8 Å². The number of imidazole rings is 1. The Morgan fingerprint density at radius 1 is 1.18 bits per heavy atom. The van der Waals surface area contributed by atoms with Gasteiger partial charge in [0, 0.05) is 0 Å². The van der Waals surface area contributed by atoms with E-state index >= 15 is 0 Å². The molecule has 0 atom stereocenters. The maximum absolute atomic E-state index is 12.5. The highest BCUT2D eigenvalue weighted by molar-refractivity contribution is 6.33. The third-order valence-corrected chi connectivity index (χ3v) is 3.09. The number of aromatic nitrogens is 4. The van der Waals surface area contributed by atoms with Gasteiger partial charge in [-0.1, -0.05) is 23.7 Å². The highest BCUT2D eigenvalue weighted by Crippen LogP contribution is 2.32. The van der Waals surface area contributed by atoms with E-state index in [0.717, 1.165) is 0 Å². The lowest BCUT2D eigenvalue weighted by atomic mass is 10.3. The number of nitrogens with zero attached hydrogens (tertiary/aromatic N) is 4. The molecule has 0 bridgehead atoms. The van der Waals surface area contributed by atoms with Gasteiger partial charge >= 0.3 is 6.36 Å². The molecule has 2 heterocycles. The molecule has 0 radical (unpaired) electrons. The zero-order valence-electron chi connectivity index (χ0n) is 11.1. The van der Waals surface area contributed by atoms with Crippen LogP contribution in [-0.4, -0.2) is 25.9 Å². The van der Waals surface area contributed by atoms with Crippen LogP contribution < -0.4 is 4.74 Å². The maximum Gasteiger partial charge on any atom is 0.573 e. The molecule has 0 fully saturated rings. The first kappa shape index (κ1) is 14.6. The van der Waals surface area contributed by atoms with Crippen LogP contribution in [0.1, 0.15) is 5.82 Å². The number of aryl methyl sites for hydroxylation is 1. The molecule has 0 amide bonds. The van der Waals surface area contributed by atoms with Crippen LogP contribution in [0.2, 0.25) is 5.15 Å². The first-order valence-electron chi connectivity index (χ1n) is 6.07. The second-order valence-electron chi connectivity index (χ2n) is 4.36. The Kier molecular flexibility index (Phi) is 3.40. The predicted octanol–water partition coefficient (Wildman–Crippen LogP) is 3.68. The van der Waals surface area contributed by atoms with E-state index in [-0.39, 0.29) is 16.6 Å². The Labute approximate surface area is 127 Å². The number of hydrogen-bond acceptors (Lipinski definition) is 4. The predicted molar refractivity (Wildman–Crippen MR) is 73.1 cm³/mol. The van der Waals surface area contributed by atoms with E-state index in [2.05, 4.69) is 19.7 Å². The number of halogens is 4. The van der Waals surface area contributed by atoms with Crippen LogP contribution in [0.4, 0.5) is 13.2 Å². The quantitative estimate of drug-likeness (QED) is 0.673. The van der Waals surface area contributed by atoms with E-state index in [1.807, 2.05) is 0 Å². The molecule has 0 saturated carbocycles. The highest BCUT2D eigenvalue weighted by Gasteiger charge is 2.32. The largest absolute Gasteiger partial charge is 0.573 e. The highest BCUT2D eigenvalue weighted by atomic mass is 35.5. The normalized spacial score (nSPS) is 11.9. The lowest BCUT2D eigenvalue weighted by molar-refractivity contribution is -0.274. The minimum Gasteiger partial charge on any atom is -0.404 e. The van der Waals surface area contributed by atoms with Gasteiger partial charge in [0.15, 0.2) is 16.5 Å². The summed E-state index contributed by atoms with van der Waals surface area (Å²) in [4.78, 5) is 12.1. The number of ether oxygens (including phenoxy) is 1. The summed E-state index contributed by atoms with van der Waals surface area (Å²) in [7, 11) is 0. The standard InChI is InChI=1S/C13H8ClF3N4O/c1-7-19-11(14)10-12(20-7)18-6-21(10)8-4-2-3-5-9(8)22-13(15,16)17/h2-6H,1H3. The van der Waals surface area contributed by atoms with Crippen molar-refractivity contribution in [3.8, 4) is 11.4 Å². The van der Waals surface area contributed by atoms with Crippen molar-refractivity contribution in [3.63, 3.8) is 0 Å². The molecule has 114 valence electrons. The molecule has 0 unspecified atom stereocenters. The number of alkyl halides is 3. The van der Waals surface area contributed by atoms with E-state index in [1.54, 1.807) is 13.0 Å². The summed E-state index contributed by atoms with van der Waals surface area (Å²) in [5, 5.41) is 0.0989. The molecule has 0 aliphatic heterocycles. The van der Waals surface area contributed by atoms with E-state index in [4.69, 9.17) is 11.6 Å². The Hall–Kier alpha value is -2.35. The SMILES string of the molecule is Cc1nc(Cl)c2c(ncn2-c2ccccc2OC(F)(F)F)n1. The summed E-state index contributed by atoms with van der Waals surface area (Å²) < 4.78 is 42.9. The van der Waals surface area contributed by atoms with Gasteiger partial charge in [0.05, 0.1) is 5.69 Å². The second kappa shape index (κ2) is 5.13. The fraction of sp³-hybridized carbons (Fsp3) is 0.154. The molecule has 0 N–H and O–H groups in total. The molecule has 0 aliphatic carbocycles. The van der Waals surface area contributed by atoms with E-state index in [9.17, 15) is 13.2 Å². The zero-order chi connectivity index (χ0) is 15.9. The van der Waals surface area contributed by atoms with Gasteiger partial charge in [-0.05, 0) is 19.1 Å². The zero-order valence-corrected chi connectivity index (χ0v) is 11.9. The van der Waals surface area contributed by atoms with Crippen LogP contribution in [0, 0.1) is 6.92 Å². The molecule has 3 aromatic rings. The molecule has 9 heteroatoms. The van der Waals surface area contributed by atoms with E-state index in [1.165, 1.54) is 29.1 Å². The van der Waals surface area contributed by atoms with Crippen LogP contribution in [0.5, 0.6) is 5.75 Å². The Balaban J connectivity index is 2.21. The van der Waals surface area contributed by atoms with Gasteiger partial charge in [-0.3, -0.25) is 4.57 Å². The molecule has 5 nitrogen and oxygen atoms in total.